The number of hydrogen-bond acceptors (Lipinski definition) is 1. The SMILES string of the molecule is CC(C)(c1ccccc1)c1cccc(N(c2ccccc2)c2cc3ccc4c5ccccc5[se]c4c3c3ccccc23)c1. The van der Waals surface area contributed by atoms with E-state index in [1.54, 1.807) is 0 Å². The molecule has 1 aromatic heterocycles. The fourth-order valence-electron chi connectivity index (χ4n) is 6.60. The fourth-order valence-corrected chi connectivity index (χ4v) is 9.27. The second kappa shape index (κ2) is 10.3. The molecule has 0 atom stereocenters. The van der Waals surface area contributed by atoms with Crippen molar-refractivity contribution < 1.29 is 0 Å². The van der Waals surface area contributed by atoms with Gasteiger partial charge in [0.25, 0.3) is 0 Å². The molecule has 8 aromatic rings. The van der Waals surface area contributed by atoms with E-state index in [0.717, 1.165) is 11.4 Å². The maximum atomic E-state index is 2.44. The molecule has 7 aromatic carbocycles. The molecule has 43 heavy (non-hydrogen) atoms. The van der Waals surface area contributed by atoms with Crippen LogP contribution in [0.5, 0.6) is 0 Å². The summed E-state index contributed by atoms with van der Waals surface area (Å²) in [6.07, 6.45) is 0. The topological polar surface area (TPSA) is 3.24 Å². The fraction of sp³-hybridized carbons (Fsp3) is 0.0732. The summed E-state index contributed by atoms with van der Waals surface area (Å²) in [6, 6.07) is 55.7. The maximum absolute atomic E-state index is 2.44. The van der Waals surface area contributed by atoms with Gasteiger partial charge >= 0.3 is 241 Å². The molecule has 0 aliphatic carbocycles. The van der Waals surface area contributed by atoms with Crippen LogP contribution in [0.4, 0.5) is 17.1 Å². The summed E-state index contributed by atoms with van der Waals surface area (Å²) in [5.74, 6) is 0. The summed E-state index contributed by atoms with van der Waals surface area (Å²) < 4.78 is 2.99. The molecular formula is C41H31NSe. The van der Waals surface area contributed by atoms with E-state index >= 15 is 0 Å². The van der Waals surface area contributed by atoms with Crippen molar-refractivity contribution >= 4 is 72.4 Å². The van der Waals surface area contributed by atoms with Gasteiger partial charge in [0, 0.05) is 0 Å². The van der Waals surface area contributed by atoms with Crippen LogP contribution in [-0.4, -0.2) is 14.5 Å². The van der Waals surface area contributed by atoms with Gasteiger partial charge in [-0.1, -0.05) is 18.2 Å². The Labute approximate surface area is 258 Å². The Kier molecular flexibility index (Phi) is 6.22. The zero-order chi connectivity index (χ0) is 29.0. The molecule has 0 aliphatic rings. The third-order valence-electron chi connectivity index (χ3n) is 8.92. The van der Waals surface area contributed by atoms with Crippen LogP contribution < -0.4 is 4.90 Å². The molecule has 0 aliphatic heterocycles. The van der Waals surface area contributed by atoms with Gasteiger partial charge in [-0.25, -0.2) is 0 Å². The van der Waals surface area contributed by atoms with Crippen LogP contribution >= 0.6 is 0 Å². The van der Waals surface area contributed by atoms with Crippen molar-refractivity contribution in [1.82, 2.24) is 0 Å². The molecular weight excluding hydrogens is 585 g/mol. The normalized spacial score (nSPS) is 12.0. The molecule has 0 unspecified atom stereocenters. The van der Waals surface area contributed by atoms with E-state index < -0.39 is 0 Å². The van der Waals surface area contributed by atoms with Gasteiger partial charge in [0.1, 0.15) is 0 Å². The van der Waals surface area contributed by atoms with Crippen molar-refractivity contribution in [2.75, 3.05) is 4.90 Å². The molecule has 0 bridgehead atoms. The molecule has 0 amide bonds. The molecule has 0 saturated heterocycles. The van der Waals surface area contributed by atoms with Gasteiger partial charge in [0.15, 0.2) is 0 Å². The number of nitrogens with zero attached hydrogens (tertiary/aromatic N) is 1. The average Bonchev–Trinajstić information content (AvgIpc) is 3.45. The predicted octanol–water partition coefficient (Wildman–Crippen LogP) is 11.2. The van der Waals surface area contributed by atoms with Crippen LogP contribution in [-0.2, 0) is 5.41 Å². The minimum absolute atomic E-state index is 0.136. The van der Waals surface area contributed by atoms with Crippen molar-refractivity contribution in [3.05, 3.63) is 163 Å². The molecule has 0 saturated carbocycles. The number of fused-ring (bicyclic) bond motifs is 7. The van der Waals surface area contributed by atoms with Gasteiger partial charge in [0.2, 0.25) is 0 Å². The van der Waals surface area contributed by atoms with Crippen molar-refractivity contribution in [2.45, 2.75) is 19.3 Å². The van der Waals surface area contributed by atoms with Gasteiger partial charge in [-0.15, -0.1) is 0 Å². The first kappa shape index (κ1) is 26.0. The molecule has 0 N–H and O–H groups in total. The molecule has 206 valence electrons. The first-order chi connectivity index (χ1) is 21.1. The zero-order valence-corrected chi connectivity index (χ0v) is 26.0. The first-order valence-corrected chi connectivity index (χ1v) is 16.6. The van der Waals surface area contributed by atoms with Crippen molar-refractivity contribution in [2.24, 2.45) is 0 Å². The second-order valence-electron chi connectivity index (χ2n) is 11.8. The number of para-hydroxylation sites is 1. The monoisotopic (exact) mass is 617 g/mol. The number of hydrogen-bond donors (Lipinski definition) is 0. The van der Waals surface area contributed by atoms with Crippen molar-refractivity contribution in [1.29, 1.82) is 0 Å². The van der Waals surface area contributed by atoms with Crippen LogP contribution in [0.25, 0.3) is 40.8 Å². The molecule has 1 nitrogen and oxygen atoms in total. The predicted molar refractivity (Wildman–Crippen MR) is 187 cm³/mol. The Hall–Kier alpha value is -4.62. The van der Waals surface area contributed by atoms with Gasteiger partial charge in [-0.2, -0.15) is 0 Å². The van der Waals surface area contributed by atoms with E-state index in [-0.39, 0.29) is 19.9 Å². The van der Waals surface area contributed by atoms with Crippen LogP contribution in [0, 0.1) is 0 Å². The minimum atomic E-state index is -0.136. The number of benzene rings is 7. The van der Waals surface area contributed by atoms with E-state index in [1.807, 2.05) is 0 Å². The van der Waals surface area contributed by atoms with Crippen LogP contribution in [0.1, 0.15) is 25.0 Å². The summed E-state index contributed by atoms with van der Waals surface area (Å²) in [4.78, 5) is 2.44. The van der Waals surface area contributed by atoms with E-state index in [9.17, 15) is 0 Å². The third-order valence-corrected chi connectivity index (χ3v) is 11.4. The Morgan fingerprint density at radius 3 is 1.91 bits per heavy atom. The quantitative estimate of drug-likeness (QED) is 0.137. The van der Waals surface area contributed by atoms with Gasteiger partial charge in [-0.3, -0.25) is 0 Å². The molecule has 1 heterocycles. The van der Waals surface area contributed by atoms with E-state index in [0.29, 0.717) is 0 Å². The molecule has 2 heteroatoms. The Morgan fingerprint density at radius 1 is 0.488 bits per heavy atom. The Morgan fingerprint density at radius 2 is 1.12 bits per heavy atom. The summed E-state index contributed by atoms with van der Waals surface area (Å²) in [6.45, 7) is 4.64. The standard InChI is InChI=1S/C41H31NSe/c1-41(2,29-14-5-3-6-15-29)30-16-13-19-32(27-30)42(31-17-7-4-8-18-31)37-26-28-24-25-36-34-21-11-12-23-38(34)43-40(36)39(28)35-22-10-9-20-33(35)37/h3-27H,1-2H3. The van der Waals surface area contributed by atoms with E-state index in [4.69, 9.17) is 0 Å². The number of anilines is 3. The van der Waals surface area contributed by atoms with Crippen LogP contribution in [0.3, 0.4) is 0 Å². The van der Waals surface area contributed by atoms with Crippen molar-refractivity contribution in [3.63, 3.8) is 0 Å². The van der Waals surface area contributed by atoms with Gasteiger partial charge in [0.05, 0.1) is 0 Å². The van der Waals surface area contributed by atoms with E-state index in [1.165, 1.54) is 57.7 Å². The molecule has 0 spiro atoms. The molecule has 0 fully saturated rings. The second-order valence-corrected chi connectivity index (χ2v) is 14.0. The summed E-state index contributed by atoms with van der Waals surface area (Å²) >= 11 is 0.284. The first-order valence-electron chi connectivity index (χ1n) is 14.9. The molecule has 0 radical (unpaired) electrons. The van der Waals surface area contributed by atoms with E-state index in [2.05, 4.69) is 170 Å². The average molecular weight is 617 g/mol. The molecule has 8 rings (SSSR count). The van der Waals surface area contributed by atoms with Gasteiger partial charge in [-0.05, 0) is 0 Å². The summed E-state index contributed by atoms with van der Waals surface area (Å²) in [5.41, 5.74) is 5.98. The third kappa shape index (κ3) is 4.29. The Balaban J connectivity index is 1.40. The summed E-state index contributed by atoms with van der Waals surface area (Å²) in [5, 5.41) is 8.09. The zero-order valence-electron chi connectivity index (χ0n) is 24.3. The number of rotatable bonds is 5. The van der Waals surface area contributed by atoms with Crippen molar-refractivity contribution in [3.8, 4) is 0 Å². The summed E-state index contributed by atoms with van der Waals surface area (Å²) in [7, 11) is 0. The van der Waals surface area contributed by atoms with Crippen LogP contribution in [0.15, 0.2) is 152 Å². The Bertz CT molecular complexity index is 2260. The van der Waals surface area contributed by atoms with Gasteiger partial charge < -0.3 is 0 Å². The van der Waals surface area contributed by atoms with Crippen LogP contribution in [0.2, 0.25) is 0 Å².